The molecule has 3 nitrogen and oxygen atoms in total. The van der Waals surface area contributed by atoms with Crippen molar-refractivity contribution in [2.24, 2.45) is 22.2 Å². The van der Waals surface area contributed by atoms with Crippen LogP contribution in [0.2, 0.25) is 0 Å². The Morgan fingerprint density at radius 2 is 1.72 bits per heavy atom. The van der Waals surface area contributed by atoms with E-state index in [-0.39, 0.29) is 34.2 Å². The molecule has 0 aromatic carbocycles. The molecule has 1 saturated carbocycles. The lowest BCUT2D eigenvalue weighted by molar-refractivity contribution is -0.124. The molecular formula is C15H29NO2. The number of carbonyl (C=O) groups is 1. The average molecular weight is 255 g/mol. The normalized spacial score (nSPS) is 23.6. The van der Waals surface area contributed by atoms with Gasteiger partial charge in [-0.2, -0.15) is 0 Å². The first-order valence-electron chi connectivity index (χ1n) is 6.87. The Bertz CT molecular complexity index is 315. The lowest BCUT2D eigenvalue weighted by Gasteiger charge is -2.26. The Balaban J connectivity index is 2.49. The molecule has 0 heterocycles. The summed E-state index contributed by atoms with van der Waals surface area (Å²) in [6.07, 6.45) is 0.371. The summed E-state index contributed by atoms with van der Waals surface area (Å²) in [6.45, 7) is 15.2. The van der Waals surface area contributed by atoms with Crippen LogP contribution in [-0.2, 0) is 4.79 Å². The summed E-state index contributed by atoms with van der Waals surface area (Å²) < 4.78 is 0. The second-order valence-electron chi connectivity index (χ2n) is 7.81. The number of amides is 1. The zero-order chi connectivity index (χ0) is 14.4. The fourth-order valence-corrected chi connectivity index (χ4v) is 3.15. The molecule has 0 aromatic heterocycles. The van der Waals surface area contributed by atoms with E-state index in [0.29, 0.717) is 13.0 Å². The van der Waals surface area contributed by atoms with E-state index >= 15 is 0 Å². The van der Waals surface area contributed by atoms with Crippen molar-refractivity contribution in [3.05, 3.63) is 0 Å². The number of nitrogens with one attached hydrogen (secondary N) is 1. The Labute approximate surface area is 111 Å². The third-order valence-corrected chi connectivity index (χ3v) is 4.87. The van der Waals surface area contributed by atoms with Crippen molar-refractivity contribution in [2.75, 3.05) is 6.54 Å². The van der Waals surface area contributed by atoms with Gasteiger partial charge in [-0.15, -0.1) is 0 Å². The molecule has 0 spiro atoms. The molecule has 0 radical (unpaired) electrons. The van der Waals surface area contributed by atoms with Crippen LogP contribution < -0.4 is 5.32 Å². The minimum atomic E-state index is -0.328. The van der Waals surface area contributed by atoms with Crippen molar-refractivity contribution >= 4 is 5.91 Å². The van der Waals surface area contributed by atoms with Crippen molar-refractivity contribution in [3.8, 4) is 0 Å². The van der Waals surface area contributed by atoms with E-state index in [9.17, 15) is 9.90 Å². The van der Waals surface area contributed by atoms with Crippen LogP contribution in [0.4, 0.5) is 0 Å². The van der Waals surface area contributed by atoms with Gasteiger partial charge in [0.2, 0.25) is 5.91 Å². The first-order chi connectivity index (χ1) is 7.92. The molecule has 18 heavy (non-hydrogen) atoms. The van der Waals surface area contributed by atoms with Crippen molar-refractivity contribution in [1.29, 1.82) is 0 Å². The monoisotopic (exact) mass is 255 g/mol. The van der Waals surface area contributed by atoms with Crippen LogP contribution in [0.15, 0.2) is 0 Å². The minimum Gasteiger partial charge on any atom is -0.393 e. The fraction of sp³-hybridized carbons (Fsp3) is 0.933. The maximum absolute atomic E-state index is 12.2. The number of carbonyl (C=O) groups excluding carboxylic acids is 1. The second kappa shape index (κ2) is 4.52. The third kappa shape index (κ3) is 2.87. The molecule has 106 valence electrons. The van der Waals surface area contributed by atoms with Crippen molar-refractivity contribution in [3.63, 3.8) is 0 Å². The van der Waals surface area contributed by atoms with E-state index in [1.807, 2.05) is 0 Å². The van der Waals surface area contributed by atoms with Crippen molar-refractivity contribution < 1.29 is 9.90 Å². The summed E-state index contributed by atoms with van der Waals surface area (Å²) in [7, 11) is 0. The van der Waals surface area contributed by atoms with E-state index in [2.05, 4.69) is 46.9 Å². The molecule has 2 N–H and O–H groups in total. The van der Waals surface area contributed by atoms with Gasteiger partial charge >= 0.3 is 0 Å². The van der Waals surface area contributed by atoms with Gasteiger partial charge in [0, 0.05) is 12.5 Å². The van der Waals surface area contributed by atoms with Gasteiger partial charge in [0.25, 0.3) is 0 Å². The van der Waals surface area contributed by atoms with Gasteiger partial charge in [-0.3, -0.25) is 4.79 Å². The Kier molecular flexibility index (Phi) is 3.89. The molecule has 0 bridgehead atoms. The number of aliphatic hydroxyl groups is 1. The molecule has 1 unspecified atom stereocenters. The maximum Gasteiger partial charge on any atom is 0.224 e. The molecule has 1 amide bonds. The van der Waals surface area contributed by atoms with Crippen molar-refractivity contribution in [2.45, 2.75) is 61.0 Å². The minimum absolute atomic E-state index is 0.0625. The lowest BCUT2D eigenvalue weighted by atomic mass is 9.87. The molecule has 3 heteroatoms. The summed E-state index contributed by atoms with van der Waals surface area (Å²) >= 11 is 0. The lowest BCUT2D eigenvalue weighted by Crippen LogP contribution is -2.37. The standard InChI is InChI=1S/C15H29NO2/c1-10(17)8-13(2,3)9-16-12(18)11-14(4,5)15(11,6)7/h10-11,17H,8-9H2,1-7H3,(H,16,18). The molecule has 1 fully saturated rings. The predicted octanol–water partition coefficient (Wildman–Crippen LogP) is 2.58. The molecular weight excluding hydrogens is 226 g/mol. The van der Waals surface area contributed by atoms with Gasteiger partial charge in [0.1, 0.15) is 0 Å². The summed E-state index contributed by atoms with van der Waals surface area (Å²) in [5.74, 6) is 0.260. The van der Waals surface area contributed by atoms with Crippen LogP contribution in [-0.4, -0.2) is 23.7 Å². The zero-order valence-electron chi connectivity index (χ0n) is 12.9. The number of aliphatic hydroxyl groups excluding tert-OH is 1. The summed E-state index contributed by atoms with van der Waals surface area (Å²) in [5, 5.41) is 12.5. The van der Waals surface area contributed by atoms with Crippen molar-refractivity contribution in [1.82, 2.24) is 5.32 Å². The average Bonchev–Trinajstić information content (AvgIpc) is 2.52. The highest BCUT2D eigenvalue weighted by atomic mass is 16.3. The first kappa shape index (κ1) is 15.5. The largest absolute Gasteiger partial charge is 0.393 e. The summed E-state index contributed by atoms with van der Waals surface area (Å²) in [5.41, 5.74) is 0.115. The molecule has 1 aliphatic rings. The van der Waals surface area contributed by atoms with Crippen LogP contribution in [0.3, 0.4) is 0 Å². The molecule has 0 aliphatic heterocycles. The zero-order valence-corrected chi connectivity index (χ0v) is 12.9. The Morgan fingerprint density at radius 1 is 1.28 bits per heavy atom. The smallest absolute Gasteiger partial charge is 0.224 e. The first-order valence-corrected chi connectivity index (χ1v) is 6.87. The summed E-state index contributed by atoms with van der Waals surface area (Å²) in [4.78, 5) is 12.2. The van der Waals surface area contributed by atoms with Gasteiger partial charge in [-0.05, 0) is 29.6 Å². The highest BCUT2D eigenvalue weighted by molar-refractivity contribution is 5.84. The molecule has 0 saturated heterocycles. The topological polar surface area (TPSA) is 49.3 Å². The third-order valence-electron chi connectivity index (χ3n) is 4.87. The quantitative estimate of drug-likeness (QED) is 0.793. The summed E-state index contributed by atoms with van der Waals surface area (Å²) in [6, 6.07) is 0. The second-order valence-corrected chi connectivity index (χ2v) is 7.81. The van der Waals surface area contributed by atoms with Crippen LogP contribution in [0.1, 0.15) is 54.9 Å². The number of hydrogen-bond donors (Lipinski definition) is 2. The Morgan fingerprint density at radius 3 is 2.06 bits per heavy atom. The number of rotatable bonds is 5. The molecule has 1 atom stereocenters. The highest BCUT2D eigenvalue weighted by Crippen LogP contribution is 2.68. The van der Waals surface area contributed by atoms with Crippen LogP contribution in [0, 0.1) is 22.2 Å². The highest BCUT2D eigenvalue weighted by Gasteiger charge is 2.68. The Hall–Kier alpha value is -0.570. The van der Waals surface area contributed by atoms with Crippen LogP contribution in [0.25, 0.3) is 0 Å². The van der Waals surface area contributed by atoms with Gasteiger partial charge in [-0.25, -0.2) is 0 Å². The van der Waals surface area contributed by atoms with E-state index in [4.69, 9.17) is 0 Å². The van der Waals surface area contributed by atoms with Gasteiger partial charge in [0.15, 0.2) is 0 Å². The van der Waals surface area contributed by atoms with E-state index < -0.39 is 0 Å². The van der Waals surface area contributed by atoms with E-state index in [0.717, 1.165) is 0 Å². The van der Waals surface area contributed by atoms with E-state index in [1.165, 1.54) is 0 Å². The molecule has 1 rings (SSSR count). The van der Waals surface area contributed by atoms with Gasteiger partial charge < -0.3 is 10.4 Å². The van der Waals surface area contributed by atoms with Crippen LogP contribution in [0.5, 0.6) is 0 Å². The SMILES string of the molecule is CC(O)CC(C)(C)CNC(=O)C1C(C)(C)C1(C)C. The van der Waals surface area contributed by atoms with Gasteiger partial charge in [-0.1, -0.05) is 41.5 Å². The maximum atomic E-state index is 12.2. The number of hydrogen-bond acceptors (Lipinski definition) is 2. The molecule has 1 aliphatic carbocycles. The molecule has 0 aromatic rings. The predicted molar refractivity (Wildman–Crippen MR) is 74.1 cm³/mol. The van der Waals surface area contributed by atoms with Crippen LogP contribution >= 0.6 is 0 Å². The fourth-order valence-electron chi connectivity index (χ4n) is 3.15. The van der Waals surface area contributed by atoms with Gasteiger partial charge in [0.05, 0.1) is 6.10 Å². The van der Waals surface area contributed by atoms with E-state index in [1.54, 1.807) is 6.92 Å².